The maximum Gasteiger partial charge on any atom is 0.164 e. The minimum absolute atomic E-state index is 0.0565. The third kappa shape index (κ3) is 3.31. The van der Waals surface area contributed by atoms with Crippen LogP contribution in [0.4, 0.5) is 4.39 Å². The molecule has 82 valence electrons. The molecule has 0 fully saturated rings. The van der Waals surface area contributed by atoms with Crippen LogP contribution in [0.2, 0.25) is 5.02 Å². The molecule has 0 radical (unpaired) electrons. The summed E-state index contributed by atoms with van der Waals surface area (Å²) in [5, 5.41) is -0.0565. The molecule has 0 unspecified atom stereocenters. The standard InChI is InChI=1S/C12H14ClFO/c1-2-3-4-8-11(15)9-6-5-7-10(14)12(9)13/h5-7H,2-4,8H2,1H3. The van der Waals surface area contributed by atoms with Crippen molar-refractivity contribution in [3.05, 3.63) is 34.6 Å². The van der Waals surface area contributed by atoms with Crippen molar-refractivity contribution in [3.63, 3.8) is 0 Å². The van der Waals surface area contributed by atoms with E-state index in [0.29, 0.717) is 12.0 Å². The maximum absolute atomic E-state index is 13.0. The van der Waals surface area contributed by atoms with Gasteiger partial charge in [0, 0.05) is 12.0 Å². The minimum atomic E-state index is -0.530. The van der Waals surface area contributed by atoms with Gasteiger partial charge in [0.1, 0.15) is 5.82 Å². The van der Waals surface area contributed by atoms with Gasteiger partial charge in [0.05, 0.1) is 5.02 Å². The Morgan fingerprint density at radius 1 is 1.40 bits per heavy atom. The lowest BCUT2D eigenvalue weighted by molar-refractivity contribution is 0.0979. The Morgan fingerprint density at radius 3 is 2.80 bits per heavy atom. The Kier molecular flexibility index (Phi) is 4.76. The normalized spacial score (nSPS) is 10.3. The fraction of sp³-hybridized carbons (Fsp3) is 0.417. The molecule has 0 aliphatic rings. The van der Waals surface area contributed by atoms with Crippen molar-refractivity contribution in [1.29, 1.82) is 0 Å². The third-order valence-electron chi connectivity index (χ3n) is 2.26. The topological polar surface area (TPSA) is 17.1 Å². The summed E-state index contributed by atoms with van der Waals surface area (Å²) >= 11 is 5.71. The highest BCUT2D eigenvalue weighted by atomic mass is 35.5. The summed E-state index contributed by atoms with van der Waals surface area (Å²) in [4.78, 5) is 11.6. The van der Waals surface area contributed by atoms with Gasteiger partial charge in [-0.25, -0.2) is 4.39 Å². The maximum atomic E-state index is 13.0. The van der Waals surface area contributed by atoms with Crippen molar-refractivity contribution in [2.24, 2.45) is 0 Å². The van der Waals surface area contributed by atoms with E-state index in [-0.39, 0.29) is 10.8 Å². The lowest BCUT2D eigenvalue weighted by Gasteiger charge is -2.03. The van der Waals surface area contributed by atoms with E-state index < -0.39 is 5.82 Å². The van der Waals surface area contributed by atoms with Crippen molar-refractivity contribution < 1.29 is 9.18 Å². The van der Waals surface area contributed by atoms with Crippen LogP contribution >= 0.6 is 11.6 Å². The van der Waals surface area contributed by atoms with Crippen molar-refractivity contribution in [2.75, 3.05) is 0 Å². The Balaban J connectivity index is 2.69. The van der Waals surface area contributed by atoms with Gasteiger partial charge in [0.15, 0.2) is 5.78 Å². The van der Waals surface area contributed by atoms with E-state index in [1.165, 1.54) is 12.1 Å². The molecular formula is C12H14ClFO. The molecule has 1 aromatic carbocycles. The first-order valence-electron chi connectivity index (χ1n) is 5.14. The number of carbonyl (C=O) groups is 1. The summed E-state index contributed by atoms with van der Waals surface area (Å²) in [6.07, 6.45) is 3.35. The quantitative estimate of drug-likeness (QED) is 0.544. The molecule has 0 N–H and O–H groups in total. The molecule has 0 saturated carbocycles. The second-order valence-corrected chi connectivity index (χ2v) is 3.86. The average Bonchev–Trinajstić information content (AvgIpc) is 2.22. The van der Waals surface area contributed by atoms with Gasteiger partial charge in [-0.1, -0.05) is 37.4 Å². The highest BCUT2D eigenvalue weighted by Gasteiger charge is 2.12. The summed E-state index contributed by atoms with van der Waals surface area (Å²) in [6, 6.07) is 4.33. The summed E-state index contributed by atoms with van der Waals surface area (Å²) < 4.78 is 13.0. The zero-order chi connectivity index (χ0) is 11.3. The molecule has 0 aliphatic heterocycles. The predicted molar refractivity (Wildman–Crippen MR) is 59.9 cm³/mol. The van der Waals surface area contributed by atoms with E-state index in [0.717, 1.165) is 19.3 Å². The van der Waals surface area contributed by atoms with Crippen LogP contribution in [0, 0.1) is 5.82 Å². The van der Waals surface area contributed by atoms with E-state index in [4.69, 9.17) is 11.6 Å². The van der Waals surface area contributed by atoms with Gasteiger partial charge in [-0.3, -0.25) is 4.79 Å². The van der Waals surface area contributed by atoms with Crippen LogP contribution in [0.15, 0.2) is 18.2 Å². The van der Waals surface area contributed by atoms with Crippen LogP contribution in [0.1, 0.15) is 43.0 Å². The summed E-state index contributed by atoms with van der Waals surface area (Å²) in [7, 11) is 0. The number of benzene rings is 1. The zero-order valence-electron chi connectivity index (χ0n) is 8.72. The zero-order valence-corrected chi connectivity index (χ0v) is 9.48. The number of unbranched alkanes of at least 4 members (excludes halogenated alkanes) is 2. The lowest BCUT2D eigenvalue weighted by atomic mass is 10.0. The average molecular weight is 229 g/mol. The van der Waals surface area contributed by atoms with E-state index in [1.54, 1.807) is 6.07 Å². The van der Waals surface area contributed by atoms with Crippen LogP contribution in [0.25, 0.3) is 0 Å². The van der Waals surface area contributed by atoms with E-state index in [9.17, 15) is 9.18 Å². The Labute approximate surface area is 94.3 Å². The Hall–Kier alpha value is -0.890. The van der Waals surface area contributed by atoms with Gasteiger partial charge in [0.25, 0.3) is 0 Å². The Morgan fingerprint density at radius 2 is 2.13 bits per heavy atom. The highest BCUT2D eigenvalue weighted by molar-refractivity contribution is 6.34. The van der Waals surface area contributed by atoms with E-state index >= 15 is 0 Å². The second kappa shape index (κ2) is 5.86. The number of Topliss-reactive ketones (excluding diaryl/α,β-unsaturated/α-hetero) is 1. The van der Waals surface area contributed by atoms with Crippen LogP contribution in [-0.4, -0.2) is 5.78 Å². The molecule has 0 amide bonds. The SMILES string of the molecule is CCCCCC(=O)c1cccc(F)c1Cl. The van der Waals surface area contributed by atoms with Gasteiger partial charge in [-0.2, -0.15) is 0 Å². The fourth-order valence-electron chi connectivity index (χ4n) is 1.39. The lowest BCUT2D eigenvalue weighted by Crippen LogP contribution is -2.01. The second-order valence-electron chi connectivity index (χ2n) is 3.48. The first-order chi connectivity index (χ1) is 7.16. The Bertz CT molecular complexity index is 349. The number of halogens is 2. The van der Waals surface area contributed by atoms with Gasteiger partial charge >= 0.3 is 0 Å². The van der Waals surface area contributed by atoms with Crippen molar-refractivity contribution in [1.82, 2.24) is 0 Å². The molecule has 0 heterocycles. The van der Waals surface area contributed by atoms with Crippen LogP contribution < -0.4 is 0 Å². The molecule has 0 atom stereocenters. The predicted octanol–water partition coefficient (Wildman–Crippen LogP) is 4.24. The summed E-state index contributed by atoms with van der Waals surface area (Å²) in [6.45, 7) is 2.07. The molecule has 15 heavy (non-hydrogen) atoms. The van der Waals surface area contributed by atoms with Gasteiger partial charge in [-0.05, 0) is 18.6 Å². The molecule has 0 aromatic heterocycles. The molecular weight excluding hydrogens is 215 g/mol. The van der Waals surface area contributed by atoms with Crippen molar-refractivity contribution in [2.45, 2.75) is 32.6 Å². The molecule has 0 saturated heterocycles. The third-order valence-corrected chi connectivity index (χ3v) is 2.64. The minimum Gasteiger partial charge on any atom is -0.294 e. The largest absolute Gasteiger partial charge is 0.294 e. The van der Waals surface area contributed by atoms with E-state index in [1.807, 2.05) is 0 Å². The smallest absolute Gasteiger partial charge is 0.164 e. The van der Waals surface area contributed by atoms with Crippen LogP contribution in [-0.2, 0) is 0 Å². The van der Waals surface area contributed by atoms with Gasteiger partial charge in [0.2, 0.25) is 0 Å². The number of hydrogen-bond acceptors (Lipinski definition) is 1. The molecule has 1 nitrogen and oxygen atoms in total. The van der Waals surface area contributed by atoms with Crippen LogP contribution in [0.5, 0.6) is 0 Å². The molecule has 3 heteroatoms. The van der Waals surface area contributed by atoms with Crippen LogP contribution in [0.3, 0.4) is 0 Å². The number of rotatable bonds is 5. The van der Waals surface area contributed by atoms with Crippen molar-refractivity contribution >= 4 is 17.4 Å². The molecule has 1 rings (SSSR count). The highest BCUT2D eigenvalue weighted by Crippen LogP contribution is 2.21. The summed E-state index contributed by atoms with van der Waals surface area (Å²) in [5.41, 5.74) is 0.299. The molecule has 0 bridgehead atoms. The fourth-order valence-corrected chi connectivity index (χ4v) is 1.62. The number of ketones is 1. The first-order valence-corrected chi connectivity index (χ1v) is 5.51. The number of hydrogen-bond donors (Lipinski definition) is 0. The van der Waals surface area contributed by atoms with Crippen molar-refractivity contribution in [3.8, 4) is 0 Å². The summed E-state index contributed by atoms with van der Waals surface area (Å²) in [5.74, 6) is -0.606. The number of carbonyl (C=O) groups excluding carboxylic acids is 1. The first kappa shape index (κ1) is 12.2. The van der Waals surface area contributed by atoms with Gasteiger partial charge in [-0.15, -0.1) is 0 Å². The van der Waals surface area contributed by atoms with Gasteiger partial charge < -0.3 is 0 Å². The molecule has 1 aromatic rings. The molecule has 0 spiro atoms. The molecule has 0 aliphatic carbocycles. The van der Waals surface area contributed by atoms with E-state index in [2.05, 4.69) is 6.92 Å². The monoisotopic (exact) mass is 228 g/mol.